The molecule has 1 aliphatic carbocycles. The maximum Gasteiger partial charge on any atom is 0.513 e. The third kappa shape index (κ3) is 11.4. The van der Waals surface area contributed by atoms with E-state index in [-0.39, 0.29) is 23.0 Å². The molecule has 2 aromatic carbocycles. The Morgan fingerprint density at radius 3 is 1.19 bits per heavy atom. The zero-order valence-corrected chi connectivity index (χ0v) is 26.3. The largest absolute Gasteiger partial charge is 0.513 e. The molecule has 2 atom stereocenters. The number of hydrogen-bond donors (Lipinski definition) is 0. The van der Waals surface area contributed by atoms with Crippen LogP contribution in [0.25, 0.3) is 12.2 Å². The summed E-state index contributed by atoms with van der Waals surface area (Å²) in [4.78, 5) is 71.7. The van der Waals surface area contributed by atoms with Crippen LogP contribution in [0.1, 0.15) is 36.8 Å². The Balaban J connectivity index is 1.66. The Morgan fingerprint density at radius 1 is 0.521 bits per heavy atom. The van der Waals surface area contributed by atoms with Crippen LogP contribution in [-0.2, 0) is 38.0 Å². The van der Waals surface area contributed by atoms with Gasteiger partial charge in [-0.3, -0.25) is 0 Å². The summed E-state index contributed by atoms with van der Waals surface area (Å²) in [6.07, 6.45) is 1.72. The van der Waals surface area contributed by atoms with Crippen LogP contribution < -0.4 is 18.9 Å². The summed E-state index contributed by atoms with van der Waals surface area (Å²) in [6, 6.07) is 8.24. The predicted octanol–water partition coefficient (Wildman–Crippen LogP) is 5.39. The highest BCUT2D eigenvalue weighted by Gasteiger charge is 2.30. The highest BCUT2D eigenvalue weighted by molar-refractivity contribution is 5.88. The molecule has 0 N–H and O–H groups in total. The SMILES string of the molecule is COC(=O)Oc1ccc(/C=C/C(=O)O[C@H]2CCCC[C@H]2OC(=O)/C=C/c2ccc(OC(=O)OC)c(OC(=O)OC)c2)cc1OC(=O)OC. The lowest BCUT2D eigenvalue weighted by Crippen LogP contribution is -2.37. The molecule has 0 aliphatic heterocycles. The first kappa shape index (κ1) is 36.4. The normalized spacial score (nSPS) is 15.5. The molecule has 1 fully saturated rings. The van der Waals surface area contributed by atoms with Gasteiger partial charge in [0.2, 0.25) is 0 Å². The van der Waals surface area contributed by atoms with Gasteiger partial charge in [0.25, 0.3) is 0 Å². The Hall–Kier alpha value is -6.06. The van der Waals surface area contributed by atoms with Crippen LogP contribution in [0.2, 0.25) is 0 Å². The van der Waals surface area contributed by atoms with E-state index in [4.69, 9.17) is 28.4 Å². The standard InChI is InChI=1S/C32H32O16/c1-39-29(35)45-23-13-9-19(17-25(23)47-31(37)41-3)11-15-27(33)43-21-7-5-6-8-22(21)44-28(34)16-12-20-10-14-24(46-30(36)40-2)26(18-20)48-32(38)42-4/h9-18,21-22H,5-8H2,1-4H3/b15-11+,16-12+/t21-,22+. The molecule has 16 nitrogen and oxygen atoms in total. The van der Waals surface area contributed by atoms with Crippen molar-refractivity contribution >= 4 is 48.7 Å². The van der Waals surface area contributed by atoms with Gasteiger partial charge < -0.3 is 47.4 Å². The van der Waals surface area contributed by atoms with E-state index in [1.54, 1.807) is 0 Å². The molecule has 1 saturated carbocycles. The van der Waals surface area contributed by atoms with E-state index in [1.807, 2.05) is 0 Å². The summed E-state index contributed by atoms with van der Waals surface area (Å²) in [5.41, 5.74) is 0.759. The molecule has 0 aromatic heterocycles. The first-order valence-electron chi connectivity index (χ1n) is 14.1. The molecular formula is C32H32O16. The van der Waals surface area contributed by atoms with Crippen LogP contribution in [0.15, 0.2) is 48.6 Å². The summed E-state index contributed by atoms with van der Waals surface area (Å²) in [7, 11) is 4.40. The van der Waals surface area contributed by atoms with Gasteiger partial charge in [-0.2, -0.15) is 0 Å². The number of carbonyl (C=O) groups is 6. The first-order valence-corrected chi connectivity index (χ1v) is 14.1. The third-order valence-electron chi connectivity index (χ3n) is 6.38. The molecule has 256 valence electrons. The van der Waals surface area contributed by atoms with Gasteiger partial charge in [-0.1, -0.05) is 12.1 Å². The van der Waals surface area contributed by atoms with Crippen molar-refractivity contribution in [3.63, 3.8) is 0 Å². The van der Waals surface area contributed by atoms with Crippen LogP contribution in [0.4, 0.5) is 19.2 Å². The number of carbonyl (C=O) groups excluding carboxylic acids is 6. The second-order valence-electron chi connectivity index (χ2n) is 9.54. The minimum Gasteiger partial charge on any atom is -0.455 e. The van der Waals surface area contributed by atoms with E-state index >= 15 is 0 Å². The average molecular weight is 673 g/mol. The van der Waals surface area contributed by atoms with Crippen molar-refractivity contribution in [3.8, 4) is 23.0 Å². The molecule has 1 aliphatic rings. The van der Waals surface area contributed by atoms with E-state index in [0.717, 1.165) is 53.4 Å². The van der Waals surface area contributed by atoms with E-state index in [9.17, 15) is 28.8 Å². The lowest BCUT2D eigenvalue weighted by Gasteiger charge is -2.30. The van der Waals surface area contributed by atoms with Crippen LogP contribution in [0.5, 0.6) is 23.0 Å². The fraction of sp³-hybridized carbons (Fsp3) is 0.312. The minimum absolute atomic E-state index is 0.132. The predicted molar refractivity (Wildman–Crippen MR) is 161 cm³/mol. The number of ether oxygens (including phenoxy) is 10. The van der Waals surface area contributed by atoms with E-state index in [2.05, 4.69) is 18.9 Å². The molecule has 0 spiro atoms. The van der Waals surface area contributed by atoms with Crippen molar-refractivity contribution in [1.82, 2.24) is 0 Å². The summed E-state index contributed by atoms with van der Waals surface area (Å²) in [5.74, 6) is -2.06. The molecular weight excluding hydrogens is 640 g/mol. The van der Waals surface area contributed by atoms with Gasteiger partial charge in [-0.25, -0.2) is 28.8 Å². The smallest absolute Gasteiger partial charge is 0.455 e. The van der Waals surface area contributed by atoms with Crippen molar-refractivity contribution in [3.05, 3.63) is 59.7 Å². The van der Waals surface area contributed by atoms with Crippen LogP contribution in [0.3, 0.4) is 0 Å². The number of hydrogen-bond acceptors (Lipinski definition) is 16. The molecule has 0 amide bonds. The van der Waals surface area contributed by atoms with Gasteiger partial charge in [0.1, 0.15) is 12.2 Å². The number of rotatable bonds is 10. The highest BCUT2D eigenvalue weighted by Crippen LogP contribution is 2.31. The third-order valence-corrected chi connectivity index (χ3v) is 6.38. The Kier molecular flexibility index (Phi) is 13.8. The Bertz CT molecular complexity index is 1440. The van der Waals surface area contributed by atoms with Crippen molar-refractivity contribution in [2.45, 2.75) is 37.9 Å². The second-order valence-corrected chi connectivity index (χ2v) is 9.54. The zero-order chi connectivity index (χ0) is 35.1. The minimum atomic E-state index is -1.07. The van der Waals surface area contributed by atoms with E-state index in [0.29, 0.717) is 24.0 Å². The Morgan fingerprint density at radius 2 is 0.854 bits per heavy atom. The fourth-order valence-corrected chi connectivity index (χ4v) is 4.15. The quantitative estimate of drug-likeness (QED) is 0.135. The molecule has 48 heavy (non-hydrogen) atoms. The topological polar surface area (TPSA) is 195 Å². The number of esters is 2. The fourth-order valence-electron chi connectivity index (χ4n) is 4.15. The molecule has 3 rings (SSSR count). The molecule has 0 unspecified atom stereocenters. The van der Waals surface area contributed by atoms with Crippen LogP contribution in [-0.4, -0.2) is 77.2 Å². The molecule has 16 heteroatoms. The van der Waals surface area contributed by atoms with Gasteiger partial charge in [-0.05, 0) is 73.2 Å². The summed E-state index contributed by atoms with van der Waals surface area (Å²) < 4.78 is 48.9. The average Bonchev–Trinajstić information content (AvgIpc) is 3.08. The summed E-state index contributed by atoms with van der Waals surface area (Å²) in [5, 5.41) is 0. The molecule has 0 heterocycles. The van der Waals surface area contributed by atoms with Gasteiger partial charge in [0.05, 0.1) is 28.4 Å². The maximum atomic E-state index is 12.7. The van der Waals surface area contributed by atoms with Gasteiger partial charge >= 0.3 is 36.6 Å². The second kappa shape index (κ2) is 18.2. The van der Waals surface area contributed by atoms with Crippen LogP contribution in [0, 0.1) is 0 Å². The van der Waals surface area contributed by atoms with Crippen LogP contribution >= 0.6 is 0 Å². The van der Waals surface area contributed by atoms with E-state index < -0.39 is 48.8 Å². The Labute approximate surface area is 274 Å². The molecule has 0 radical (unpaired) electrons. The van der Waals surface area contributed by atoms with Crippen molar-refractivity contribution in [2.24, 2.45) is 0 Å². The van der Waals surface area contributed by atoms with Crippen molar-refractivity contribution < 1.29 is 76.1 Å². The van der Waals surface area contributed by atoms with Crippen molar-refractivity contribution in [1.29, 1.82) is 0 Å². The first-order chi connectivity index (χ1) is 23.0. The lowest BCUT2D eigenvalue weighted by molar-refractivity contribution is -0.165. The zero-order valence-electron chi connectivity index (χ0n) is 26.3. The van der Waals surface area contributed by atoms with Gasteiger partial charge in [0.15, 0.2) is 23.0 Å². The number of benzene rings is 2. The van der Waals surface area contributed by atoms with Gasteiger partial charge in [0, 0.05) is 12.2 Å². The number of methoxy groups -OCH3 is 4. The van der Waals surface area contributed by atoms with E-state index in [1.165, 1.54) is 48.6 Å². The highest BCUT2D eigenvalue weighted by atomic mass is 16.8. The summed E-state index contributed by atoms with van der Waals surface area (Å²) >= 11 is 0. The molecule has 2 aromatic rings. The monoisotopic (exact) mass is 672 g/mol. The lowest BCUT2D eigenvalue weighted by atomic mass is 9.94. The maximum absolute atomic E-state index is 12.7. The molecule has 0 saturated heterocycles. The molecule has 0 bridgehead atoms. The van der Waals surface area contributed by atoms with Crippen molar-refractivity contribution in [2.75, 3.05) is 28.4 Å². The summed E-state index contributed by atoms with van der Waals surface area (Å²) in [6.45, 7) is 0. The van der Waals surface area contributed by atoms with Gasteiger partial charge in [-0.15, -0.1) is 0 Å².